The lowest BCUT2D eigenvalue weighted by molar-refractivity contribution is -0.121. The van der Waals surface area contributed by atoms with E-state index >= 15 is 0 Å². The molecule has 2 amide bonds. The third-order valence-corrected chi connectivity index (χ3v) is 7.71. The highest BCUT2D eigenvalue weighted by Crippen LogP contribution is 2.33. The van der Waals surface area contributed by atoms with Crippen molar-refractivity contribution >= 4 is 56.4 Å². The van der Waals surface area contributed by atoms with Gasteiger partial charge in [0.05, 0.1) is 23.8 Å². The van der Waals surface area contributed by atoms with Crippen LogP contribution in [0.4, 0.5) is 5.69 Å². The minimum Gasteiger partial charge on any atom is -0.489 e. The van der Waals surface area contributed by atoms with E-state index in [0.29, 0.717) is 54.2 Å². The molecule has 2 heterocycles. The molecule has 0 bridgehead atoms. The molecular weight excluding hydrogens is 566 g/mol. The molecule has 3 aromatic rings. The number of benzene rings is 3. The molecule has 2 saturated heterocycles. The number of nitrogens with zero attached hydrogens (tertiary/aromatic N) is 3. The average molecular weight is 593 g/mol. The van der Waals surface area contributed by atoms with Crippen molar-refractivity contribution in [1.82, 2.24) is 9.80 Å². The van der Waals surface area contributed by atoms with Gasteiger partial charge in [0.1, 0.15) is 12.4 Å². The Morgan fingerprint density at radius 2 is 1.82 bits per heavy atom. The smallest absolute Gasteiger partial charge is 0.266 e. The average Bonchev–Trinajstić information content (AvgIpc) is 3.21. The quantitative estimate of drug-likeness (QED) is 0.342. The Morgan fingerprint density at radius 3 is 2.55 bits per heavy atom. The van der Waals surface area contributed by atoms with E-state index in [2.05, 4.69) is 20.9 Å². The van der Waals surface area contributed by atoms with E-state index < -0.39 is 0 Å². The van der Waals surface area contributed by atoms with E-state index in [1.165, 1.54) is 16.7 Å². The van der Waals surface area contributed by atoms with Crippen molar-refractivity contribution in [3.05, 3.63) is 98.9 Å². The number of thioether (sulfide) groups is 1. The molecule has 2 fully saturated rings. The van der Waals surface area contributed by atoms with Crippen molar-refractivity contribution in [3.63, 3.8) is 0 Å². The molecule has 0 N–H and O–H groups in total. The van der Waals surface area contributed by atoms with Crippen LogP contribution in [0, 0.1) is 0 Å². The number of likely N-dealkylation sites (N-methyl/N-ethyl adjacent to an activating group) is 1. The second-order valence-electron chi connectivity index (χ2n) is 8.81. The van der Waals surface area contributed by atoms with Gasteiger partial charge in [-0.3, -0.25) is 14.5 Å². The van der Waals surface area contributed by atoms with Crippen molar-refractivity contribution in [3.8, 4) is 5.75 Å². The maximum absolute atomic E-state index is 12.9. The zero-order valence-electron chi connectivity index (χ0n) is 20.8. The summed E-state index contributed by atoms with van der Waals surface area (Å²) in [5, 5.41) is 0.562. The summed E-state index contributed by atoms with van der Waals surface area (Å²) in [5.41, 5.74) is 3.17. The van der Waals surface area contributed by atoms with Gasteiger partial charge in [-0.15, -0.1) is 0 Å². The van der Waals surface area contributed by atoms with Crippen molar-refractivity contribution in [2.75, 3.05) is 33.4 Å². The van der Waals surface area contributed by atoms with Crippen LogP contribution in [-0.4, -0.2) is 60.1 Å². The summed E-state index contributed by atoms with van der Waals surface area (Å²) in [6.07, 6.45) is 1.85. The van der Waals surface area contributed by atoms with Crippen LogP contribution in [0.3, 0.4) is 0 Å². The van der Waals surface area contributed by atoms with Gasteiger partial charge in [-0.2, -0.15) is 0 Å². The fourth-order valence-corrected chi connectivity index (χ4v) is 5.23. The lowest BCUT2D eigenvalue weighted by atomic mass is 10.1. The number of rotatable bonds is 6. The standard InChI is InChI=1S/C29H26BrN3O4S/c1-32-28(35)26(17-20-7-11-25(12-8-20)37-19-21-5-9-23(30)10-6-21)38-29(32)31-24-4-2-3-22(18-24)27(34)33-13-15-36-16-14-33/h2-12,17-18H,13-16,19H2,1H3/b26-17+,31-29?. The molecule has 2 aliphatic rings. The number of hydrogen-bond acceptors (Lipinski definition) is 6. The minimum atomic E-state index is -0.120. The number of amides is 2. The summed E-state index contributed by atoms with van der Waals surface area (Å²) < 4.78 is 12.2. The van der Waals surface area contributed by atoms with E-state index in [0.717, 1.165) is 21.3 Å². The van der Waals surface area contributed by atoms with Gasteiger partial charge in [0.15, 0.2) is 5.17 Å². The van der Waals surface area contributed by atoms with Crippen molar-refractivity contribution in [1.29, 1.82) is 0 Å². The van der Waals surface area contributed by atoms with E-state index in [4.69, 9.17) is 9.47 Å². The third kappa shape index (κ3) is 6.35. The summed E-state index contributed by atoms with van der Waals surface area (Å²) in [5.74, 6) is 0.597. The monoisotopic (exact) mass is 591 g/mol. The first-order valence-electron chi connectivity index (χ1n) is 12.2. The zero-order valence-corrected chi connectivity index (χ0v) is 23.2. The number of carbonyl (C=O) groups excluding carboxylic acids is 2. The maximum Gasteiger partial charge on any atom is 0.266 e. The Hall–Kier alpha value is -3.40. The highest BCUT2D eigenvalue weighted by molar-refractivity contribution is 9.10. The van der Waals surface area contributed by atoms with Crippen molar-refractivity contribution < 1.29 is 19.1 Å². The first kappa shape index (κ1) is 26.2. The van der Waals surface area contributed by atoms with Gasteiger partial charge >= 0.3 is 0 Å². The van der Waals surface area contributed by atoms with Gasteiger partial charge in [0.2, 0.25) is 0 Å². The van der Waals surface area contributed by atoms with E-state index in [1.807, 2.05) is 66.7 Å². The van der Waals surface area contributed by atoms with E-state index in [1.54, 1.807) is 24.1 Å². The molecule has 9 heteroatoms. The lowest BCUT2D eigenvalue weighted by Crippen LogP contribution is -2.40. The summed E-state index contributed by atoms with van der Waals surface area (Å²) in [6, 6.07) is 22.8. The number of halogens is 1. The van der Waals surface area contributed by atoms with Crippen LogP contribution in [0.2, 0.25) is 0 Å². The van der Waals surface area contributed by atoms with Gasteiger partial charge in [0, 0.05) is 30.2 Å². The number of hydrogen-bond donors (Lipinski definition) is 0. The highest BCUT2D eigenvalue weighted by Gasteiger charge is 2.30. The van der Waals surface area contributed by atoms with Gasteiger partial charge in [0.25, 0.3) is 11.8 Å². The zero-order chi connectivity index (χ0) is 26.5. The van der Waals surface area contributed by atoms with E-state index in [9.17, 15) is 9.59 Å². The van der Waals surface area contributed by atoms with Gasteiger partial charge in [-0.25, -0.2) is 4.99 Å². The Balaban J connectivity index is 1.25. The Morgan fingerprint density at radius 1 is 1.08 bits per heavy atom. The summed E-state index contributed by atoms with van der Waals surface area (Å²) in [7, 11) is 1.71. The molecule has 7 nitrogen and oxygen atoms in total. The van der Waals surface area contributed by atoms with Crippen LogP contribution in [0.15, 0.2) is 87.2 Å². The van der Waals surface area contributed by atoms with Crippen molar-refractivity contribution in [2.45, 2.75) is 6.61 Å². The fraction of sp³-hybridized carbons (Fsp3) is 0.207. The topological polar surface area (TPSA) is 71.4 Å². The Kier molecular flexibility index (Phi) is 8.26. The van der Waals surface area contributed by atoms with Crippen LogP contribution >= 0.6 is 27.7 Å². The molecule has 0 spiro atoms. The second kappa shape index (κ2) is 12.0. The summed E-state index contributed by atoms with van der Waals surface area (Å²) in [4.78, 5) is 34.3. The van der Waals surface area contributed by atoms with Crippen LogP contribution in [-0.2, 0) is 16.1 Å². The first-order valence-corrected chi connectivity index (χ1v) is 13.8. The molecule has 0 radical (unpaired) electrons. The highest BCUT2D eigenvalue weighted by atomic mass is 79.9. The fourth-order valence-electron chi connectivity index (χ4n) is 3.98. The predicted octanol–water partition coefficient (Wildman–Crippen LogP) is 5.73. The van der Waals surface area contributed by atoms with E-state index in [-0.39, 0.29) is 11.8 Å². The minimum absolute atomic E-state index is 0.0382. The summed E-state index contributed by atoms with van der Waals surface area (Å²) in [6.45, 7) is 2.74. The number of amidine groups is 1. The molecule has 5 rings (SSSR count). The second-order valence-corrected chi connectivity index (χ2v) is 10.7. The Bertz CT molecular complexity index is 1380. The van der Waals surface area contributed by atoms with Gasteiger partial charge < -0.3 is 14.4 Å². The molecule has 0 aromatic heterocycles. The molecule has 194 valence electrons. The normalized spacial score (nSPS) is 17.9. The molecule has 0 aliphatic carbocycles. The first-order chi connectivity index (χ1) is 18.5. The number of carbonyl (C=O) groups is 2. The predicted molar refractivity (Wildman–Crippen MR) is 154 cm³/mol. The number of ether oxygens (including phenoxy) is 2. The molecule has 0 saturated carbocycles. The van der Waals surface area contributed by atoms with Crippen molar-refractivity contribution in [2.24, 2.45) is 4.99 Å². The van der Waals surface area contributed by atoms with Gasteiger partial charge in [-0.1, -0.05) is 46.3 Å². The molecule has 2 aliphatic heterocycles. The summed E-state index contributed by atoms with van der Waals surface area (Å²) >= 11 is 4.75. The Labute approximate surface area is 234 Å². The molecule has 3 aromatic carbocycles. The molecule has 0 atom stereocenters. The molecule has 38 heavy (non-hydrogen) atoms. The third-order valence-electron chi connectivity index (χ3n) is 6.12. The van der Waals surface area contributed by atoms with Crippen LogP contribution in [0.25, 0.3) is 6.08 Å². The van der Waals surface area contributed by atoms with Crippen LogP contribution in [0.1, 0.15) is 21.5 Å². The number of morpholine rings is 1. The SMILES string of the molecule is CN1C(=O)/C(=C\c2ccc(OCc3ccc(Br)cc3)cc2)SC1=Nc1cccc(C(=O)N2CCOCC2)c1. The maximum atomic E-state index is 12.9. The van der Waals surface area contributed by atoms with Crippen LogP contribution < -0.4 is 4.74 Å². The largest absolute Gasteiger partial charge is 0.489 e. The molecule has 0 unspecified atom stereocenters. The lowest BCUT2D eigenvalue weighted by Gasteiger charge is -2.26. The van der Waals surface area contributed by atoms with Crippen LogP contribution in [0.5, 0.6) is 5.75 Å². The number of aliphatic imine (C=N–C) groups is 1. The molecular formula is C29H26BrN3O4S. The van der Waals surface area contributed by atoms with Gasteiger partial charge in [-0.05, 0) is 71.4 Å².